The lowest BCUT2D eigenvalue weighted by Gasteiger charge is -2.34. The molecule has 1 fully saturated rings. The summed E-state index contributed by atoms with van der Waals surface area (Å²) in [5, 5.41) is 0. The third kappa shape index (κ3) is 2.53. The molecule has 1 aliphatic heterocycles. The van der Waals surface area contributed by atoms with Gasteiger partial charge in [0.25, 0.3) is 0 Å². The Morgan fingerprint density at radius 1 is 1.36 bits per heavy atom. The topological polar surface area (TPSA) is 50.5 Å². The van der Waals surface area contributed by atoms with Crippen molar-refractivity contribution < 1.29 is 18.0 Å². The number of fused-ring (bicyclic) bond motifs is 1. The molecular weight excluding hydrogens is 297 g/mol. The lowest BCUT2D eigenvalue weighted by atomic mass is 9.98. The third-order valence-corrected chi connectivity index (χ3v) is 3.93. The maximum atomic E-state index is 13.2. The molecule has 3 rings (SSSR count). The summed E-state index contributed by atoms with van der Waals surface area (Å²) < 4.78 is 40.6. The Labute approximate surface area is 124 Å². The largest absolute Gasteiger partial charge is 0.431 e. The van der Waals surface area contributed by atoms with Crippen molar-refractivity contribution >= 4 is 11.7 Å². The van der Waals surface area contributed by atoms with Crippen LogP contribution in [-0.4, -0.2) is 31.7 Å². The molecule has 0 saturated carbocycles. The molecule has 8 heteroatoms. The van der Waals surface area contributed by atoms with Gasteiger partial charge in [-0.3, -0.25) is 9.20 Å². The molecule has 0 unspecified atom stereocenters. The molecule has 2 aromatic rings. The minimum absolute atomic E-state index is 0.00102. The SMILES string of the molecule is CC(=O)N1CCCC[C@H]1c1cc(C(F)(F)F)n2ccnc2n1. The van der Waals surface area contributed by atoms with Gasteiger partial charge in [-0.05, 0) is 25.3 Å². The average Bonchev–Trinajstić information content (AvgIpc) is 2.93. The highest BCUT2D eigenvalue weighted by molar-refractivity contribution is 5.73. The van der Waals surface area contributed by atoms with Crippen LogP contribution < -0.4 is 0 Å². The van der Waals surface area contributed by atoms with E-state index in [9.17, 15) is 18.0 Å². The number of carbonyl (C=O) groups is 1. The van der Waals surface area contributed by atoms with E-state index in [2.05, 4.69) is 9.97 Å². The summed E-state index contributed by atoms with van der Waals surface area (Å²) in [6.07, 6.45) is 0.335. The van der Waals surface area contributed by atoms with Crippen LogP contribution in [0.1, 0.15) is 43.6 Å². The van der Waals surface area contributed by atoms with Gasteiger partial charge in [0.15, 0.2) is 0 Å². The third-order valence-electron chi connectivity index (χ3n) is 3.93. The Balaban J connectivity index is 2.12. The van der Waals surface area contributed by atoms with Crippen LogP contribution >= 0.6 is 0 Å². The number of alkyl halides is 3. The van der Waals surface area contributed by atoms with Crippen LogP contribution in [0.2, 0.25) is 0 Å². The predicted octanol–water partition coefficient (Wildman–Crippen LogP) is 2.82. The lowest BCUT2D eigenvalue weighted by Crippen LogP contribution is -2.37. The molecule has 1 aliphatic rings. The smallest absolute Gasteiger partial charge is 0.334 e. The van der Waals surface area contributed by atoms with Crippen molar-refractivity contribution in [3.05, 3.63) is 29.8 Å². The molecule has 3 heterocycles. The zero-order valence-corrected chi connectivity index (χ0v) is 12.0. The summed E-state index contributed by atoms with van der Waals surface area (Å²) in [5.74, 6) is -0.151. The average molecular weight is 312 g/mol. The zero-order chi connectivity index (χ0) is 15.9. The summed E-state index contributed by atoms with van der Waals surface area (Å²) in [7, 11) is 0. The maximum Gasteiger partial charge on any atom is 0.431 e. The number of halogens is 3. The van der Waals surface area contributed by atoms with E-state index in [0.29, 0.717) is 13.0 Å². The fraction of sp³-hybridized carbons (Fsp3) is 0.500. The molecule has 1 atom stereocenters. The first-order valence-electron chi connectivity index (χ1n) is 7.06. The Hall–Kier alpha value is -2.12. The number of rotatable bonds is 1. The summed E-state index contributed by atoms with van der Waals surface area (Å²) >= 11 is 0. The Bertz CT molecular complexity index is 710. The predicted molar refractivity (Wildman–Crippen MR) is 72.0 cm³/mol. The van der Waals surface area contributed by atoms with E-state index in [4.69, 9.17) is 0 Å². The molecular formula is C14H15F3N4O. The van der Waals surface area contributed by atoms with Crippen LogP contribution in [0.15, 0.2) is 18.5 Å². The van der Waals surface area contributed by atoms with Gasteiger partial charge in [0, 0.05) is 25.9 Å². The quantitative estimate of drug-likeness (QED) is 0.813. The second-order valence-corrected chi connectivity index (χ2v) is 5.39. The van der Waals surface area contributed by atoms with Crippen molar-refractivity contribution in [2.45, 2.75) is 38.4 Å². The number of amides is 1. The number of nitrogens with zero attached hydrogens (tertiary/aromatic N) is 4. The normalized spacial score (nSPS) is 19.6. The molecule has 0 radical (unpaired) electrons. The van der Waals surface area contributed by atoms with Crippen molar-refractivity contribution in [3.63, 3.8) is 0 Å². The fourth-order valence-corrected chi connectivity index (χ4v) is 2.93. The highest BCUT2D eigenvalue weighted by Gasteiger charge is 2.36. The van der Waals surface area contributed by atoms with Crippen molar-refractivity contribution in [3.8, 4) is 0 Å². The van der Waals surface area contributed by atoms with Crippen LogP contribution in [0.3, 0.4) is 0 Å². The number of imidazole rings is 1. The molecule has 0 aromatic carbocycles. The van der Waals surface area contributed by atoms with Crippen LogP contribution in [-0.2, 0) is 11.0 Å². The molecule has 1 saturated heterocycles. The molecule has 0 bridgehead atoms. The first-order valence-corrected chi connectivity index (χ1v) is 7.06. The van der Waals surface area contributed by atoms with E-state index >= 15 is 0 Å². The minimum Gasteiger partial charge on any atom is -0.334 e. The van der Waals surface area contributed by atoms with E-state index in [1.165, 1.54) is 19.3 Å². The van der Waals surface area contributed by atoms with Crippen LogP contribution in [0, 0.1) is 0 Å². The molecule has 22 heavy (non-hydrogen) atoms. The van der Waals surface area contributed by atoms with Gasteiger partial charge in [0.1, 0.15) is 5.69 Å². The van der Waals surface area contributed by atoms with Gasteiger partial charge < -0.3 is 4.90 Å². The summed E-state index contributed by atoms with van der Waals surface area (Å²) in [4.78, 5) is 21.4. The molecule has 0 aliphatic carbocycles. The summed E-state index contributed by atoms with van der Waals surface area (Å²) in [6.45, 7) is 1.97. The molecule has 5 nitrogen and oxygen atoms in total. The Morgan fingerprint density at radius 3 is 2.82 bits per heavy atom. The molecule has 0 N–H and O–H groups in total. The highest BCUT2D eigenvalue weighted by Crippen LogP contribution is 2.34. The Morgan fingerprint density at radius 2 is 2.14 bits per heavy atom. The van der Waals surface area contributed by atoms with Crippen molar-refractivity contribution in [1.82, 2.24) is 19.3 Å². The van der Waals surface area contributed by atoms with Crippen LogP contribution in [0.5, 0.6) is 0 Å². The van der Waals surface area contributed by atoms with E-state index in [1.54, 1.807) is 4.90 Å². The van der Waals surface area contributed by atoms with Gasteiger partial charge in [-0.1, -0.05) is 0 Å². The summed E-state index contributed by atoms with van der Waals surface area (Å²) in [6, 6.07) is 0.606. The van der Waals surface area contributed by atoms with Gasteiger partial charge >= 0.3 is 6.18 Å². The highest BCUT2D eigenvalue weighted by atomic mass is 19.4. The molecule has 0 spiro atoms. The van der Waals surface area contributed by atoms with Gasteiger partial charge in [0.05, 0.1) is 11.7 Å². The first kappa shape index (κ1) is 14.8. The minimum atomic E-state index is -4.51. The molecule has 118 valence electrons. The van der Waals surface area contributed by atoms with Crippen molar-refractivity contribution in [2.75, 3.05) is 6.54 Å². The lowest BCUT2D eigenvalue weighted by molar-refractivity contribution is -0.142. The number of hydrogen-bond donors (Lipinski definition) is 0. The molecule has 1 amide bonds. The van der Waals surface area contributed by atoms with E-state index < -0.39 is 17.9 Å². The van der Waals surface area contributed by atoms with Crippen LogP contribution in [0.4, 0.5) is 13.2 Å². The second-order valence-electron chi connectivity index (χ2n) is 5.39. The maximum absolute atomic E-state index is 13.2. The molecule has 2 aromatic heterocycles. The van der Waals surface area contributed by atoms with Crippen molar-refractivity contribution in [1.29, 1.82) is 0 Å². The Kier molecular flexibility index (Phi) is 3.54. The van der Waals surface area contributed by atoms with E-state index in [-0.39, 0.29) is 17.4 Å². The van der Waals surface area contributed by atoms with Crippen LogP contribution in [0.25, 0.3) is 5.78 Å². The fourth-order valence-electron chi connectivity index (χ4n) is 2.93. The monoisotopic (exact) mass is 312 g/mol. The van der Waals surface area contributed by atoms with Gasteiger partial charge in [-0.25, -0.2) is 9.97 Å². The van der Waals surface area contributed by atoms with E-state index in [0.717, 1.165) is 23.3 Å². The second kappa shape index (κ2) is 5.26. The van der Waals surface area contributed by atoms with E-state index in [1.807, 2.05) is 0 Å². The standard InChI is InChI=1S/C14H15F3N4O/c1-9(22)20-6-3-2-4-11(20)10-8-12(14(15,16)17)21-7-5-18-13(21)19-10/h5,7-8,11H,2-4,6H2,1H3/t11-/m0/s1. The number of carbonyl (C=O) groups excluding carboxylic acids is 1. The first-order chi connectivity index (χ1) is 10.4. The number of hydrogen-bond acceptors (Lipinski definition) is 3. The van der Waals surface area contributed by atoms with Gasteiger partial charge in [0.2, 0.25) is 11.7 Å². The number of piperidine rings is 1. The number of aromatic nitrogens is 3. The zero-order valence-electron chi connectivity index (χ0n) is 12.0. The summed E-state index contributed by atoms with van der Waals surface area (Å²) in [5.41, 5.74) is -0.569. The van der Waals surface area contributed by atoms with Gasteiger partial charge in [-0.15, -0.1) is 0 Å². The van der Waals surface area contributed by atoms with Gasteiger partial charge in [-0.2, -0.15) is 13.2 Å². The van der Waals surface area contributed by atoms with Crippen molar-refractivity contribution in [2.24, 2.45) is 0 Å². The number of likely N-dealkylation sites (tertiary alicyclic amines) is 1.